The van der Waals surface area contributed by atoms with E-state index < -0.39 is 6.04 Å². The van der Waals surface area contributed by atoms with Gasteiger partial charge in [-0.05, 0) is 31.2 Å². The third-order valence-electron chi connectivity index (χ3n) is 2.17. The van der Waals surface area contributed by atoms with E-state index >= 15 is 0 Å². The van der Waals surface area contributed by atoms with Gasteiger partial charge in [-0.15, -0.1) is 0 Å². The van der Waals surface area contributed by atoms with Crippen LogP contribution >= 0.6 is 0 Å². The Morgan fingerprint density at radius 1 is 1.18 bits per heavy atom. The van der Waals surface area contributed by atoms with Gasteiger partial charge in [0, 0.05) is 17.8 Å². The van der Waals surface area contributed by atoms with Crippen molar-refractivity contribution in [1.82, 2.24) is 0 Å². The Labute approximate surface area is 100 Å². The van der Waals surface area contributed by atoms with Crippen molar-refractivity contribution in [2.75, 3.05) is 10.6 Å². The summed E-state index contributed by atoms with van der Waals surface area (Å²) in [6.45, 7) is 3.40. The number of carbonyl (C=O) groups excluding carboxylic acids is 2. The second-order valence-corrected chi connectivity index (χ2v) is 3.76. The lowest BCUT2D eigenvalue weighted by Crippen LogP contribution is -2.32. The maximum atomic E-state index is 11.3. The Kier molecular flexibility index (Phi) is 4.66. The molecule has 1 unspecified atom stereocenters. The van der Waals surface area contributed by atoms with Crippen LogP contribution in [0, 0.1) is 0 Å². The molecule has 17 heavy (non-hydrogen) atoms. The van der Waals surface area contributed by atoms with Gasteiger partial charge in [0.1, 0.15) is 0 Å². The molecule has 4 N–H and O–H groups in total. The molecule has 2 amide bonds. The van der Waals surface area contributed by atoms with Gasteiger partial charge in [-0.25, -0.2) is 0 Å². The van der Waals surface area contributed by atoms with E-state index in [0.29, 0.717) is 17.8 Å². The van der Waals surface area contributed by atoms with Crippen molar-refractivity contribution in [1.29, 1.82) is 0 Å². The minimum absolute atomic E-state index is 0.0441. The number of anilines is 2. The second-order valence-electron chi connectivity index (χ2n) is 3.76. The highest BCUT2D eigenvalue weighted by atomic mass is 16.2. The SMILES string of the molecule is CCC(=O)Nc1ccc(NC(=O)C(C)N)cc1. The molecule has 0 aliphatic heterocycles. The number of carbonyl (C=O) groups is 2. The van der Waals surface area contributed by atoms with Crippen molar-refractivity contribution in [3.8, 4) is 0 Å². The maximum Gasteiger partial charge on any atom is 0.240 e. The molecule has 0 saturated heterocycles. The smallest absolute Gasteiger partial charge is 0.240 e. The molecule has 5 nitrogen and oxygen atoms in total. The summed E-state index contributed by atoms with van der Waals surface area (Å²) in [7, 11) is 0. The second kappa shape index (κ2) is 6.00. The number of rotatable bonds is 4. The maximum absolute atomic E-state index is 11.3. The van der Waals surface area contributed by atoms with Gasteiger partial charge in [0.05, 0.1) is 6.04 Å². The monoisotopic (exact) mass is 235 g/mol. The normalized spacial score (nSPS) is 11.7. The molecule has 0 radical (unpaired) electrons. The first-order chi connectivity index (χ1) is 8.02. The number of nitrogens with one attached hydrogen (secondary N) is 2. The fourth-order valence-corrected chi connectivity index (χ4v) is 1.14. The van der Waals surface area contributed by atoms with E-state index in [1.807, 2.05) is 0 Å². The van der Waals surface area contributed by atoms with Crippen molar-refractivity contribution < 1.29 is 9.59 Å². The summed E-state index contributed by atoms with van der Waals surface area (Å²) in [6, 6.07) is 6.33. The van der Waals surface area contributed by atoms with Gasteiger partial charge in [0.25, 0.3) is 0 Å². The number of benzene rings is 1. The van der Waals surface area contributed by atoms with Crippen molar-refractivity contribution in [2.45, 2.75) is 26.3 Å². The van der Waals surface area contributed by atoms with Gasteiger partial charge in [-0.1, -0.05) is 6.92 Å². The minimum atomic E-state index is -0.547. The Balaban J connectivity index is 2.62. The summed E-state index contributed by atoms with van der Waals surface area (Å²) < 4.78 is 0. The highest BCUT2D eigenvalue weighted by molar-refractivity contribution is 5.95. The average Bonchev–Trinajstić information content (AvgIpc) is 2.31. The van der Waals surface area contributed by atoms with Gasteiger partial charge in [0.15, 0.2) is 0 Å². The van der Waals surface area contributed by atoms with Crippen molar-refractivity contribution in [2.24, 2.45) is 5.73 Å². The predicted molar refractivity (Wildman–Crippen MR) is 67.6 cm³/mol. The van der Waals surface area contributed by atoms with E-state index in [1.54, 1.807) is 38.1 Å². The zero-order valence-corrected chi connectivity index (χ0v) is 9.99. The molecule has 0 saturated carbocycles. The van der Waals surface area contributed by atoms with E-state index in [2.05, 4.69) is 10.6 Å². The number of nitrogens with two attached hydrogens (primary N) is 1. The van der Waals surface area contributed by atoms with Crippen LogP contribution in [-0.4, -0.2) is 17.9 Å². The molecular weight excluding hydrogens is 218 g/mol. The lowest BCUT2D eigenvalue weighted by molar-refractivity contribution is -0.117. The Hall–Kier alpha value is -1.88. The molecule has 1 atom stereocenters. The van der Waals surface area contributed by atoms with Gasteiger partial charge in [0.2, 0.25) is 11.8 Å². The summed E-state index contributed by atoms with van der Waals surface area (Å²) in [5, 5.41) is 5.38. The van der Waals surface area contributed by atoms with Crippen LogP contribution < -0.4 is 16.4 Å². The standard InChI is InChI=1S/C12H17N3O2/c1-3-11(16)14-9-4-6-10(7-5-9)15-12(17)8(2)13/h4-8H,3,13H2,1-2H3,(H,14,16)(H,15,17). The molecule has 0 aromatic heterocycles. The summed E-state index contributed by atoms with van der Waals surface area (Å²) >= 11 is 0. The van der Waals surface area contributed by atoms with Gasteiger partial charge in [-0.2, -0.15) is 0 Å². The predicted octanol–water partition coefficient (Wildman–Crippen LogP) is 1.32. The molecule has 0 spiro atoms. The third kappa shape index (κ3) is 4.24. The van der Waals surface area contributed by atoms with Crippen molar-refractivity contribution in [3.63, 3.8) is 0 Å². The lowest BCUT2D eigenvalue weighted by Gasteiger charge is -2.08. The van der Waals surface area contributed by atoms with Crippen LogP contribution in [0.25, 0.3) is 0 Å². The summed E-state index contributed by atoms with van der Waals surface area (Å²) in [4.78, 5) is 22.5. The van der Waals surface area contributed by atoms with Crippen LogP contribution in [-0.2, 0) is 9.59 Å². The number of amides is 2. The number of hydrogen-bond acceptors (Lipinski definition) is 3. The Morgan fingerprint density at radius 2 is 1.65 bits per heavy atom. The highest BCUT2D eigenvalue weighted by Gasteiger charge is 2.07. The first kappa shape index (κ1) is 13.2. The summed E-state index contributed by atoms with van der Waals surface area (Å²) in [6.07, 6.45) is 0.434. The molecule has 0 aliphatic rings. The van der Waals surface area contributed by atoms with E-state index in [-0.39, 0.29) is 11.8 Å². The largest absolute Gasteiger partial charge is 0.326 e. The molecule has 0 bridgehead atoms. The van der Waals surface area contributed by atoms with Crippen LogP contribution in [0.1, 0.15) is 20.3 Å². The quantitative estimate of drug-likeness (QED) is 0.735. The molecule has 0 aliphatic carbocycles. The molecule has 1 aromatic carbocycles. The molecule has 0 heterocycles. The molecule has 0 fully saturated rings. The van der Waals surface area contributed by atoms with Crippen LogP contribution in [0.3, 0.4) is 0 Å². The fourth-order valence-electron chi connectivity index (χ4n) is 1.14. The van der Waals surface area contributed by atoms with Crippen LogP contribution in [0.2, 0.25) is 0 Å². The van der Waals surface area contributed by atoms with E-state index in [0.717, 1.165) is 0 Å². The zero-order valence-electron chi connectivity index (χ0n) is 9.99. The molecule has 5 heteroatoms. The van der Waals surface area contributed by atoms with E-state index in [4.69, 9.17) is 5.73 Å². The number of hydrogen-bond donors (Lipinski definition) is 3. The average molecular weight is 235 g/mol. The van der Waals surface area contributed by atoms with Gasteiger partial charge < -0.3 is 16.4 Å². The van der Waals surface area contributed by atoms with E-state index in [1.165, 1.54) is 0 Å². The van der Waals surface area contributed by atoms with Crippen molar-refractivity contribution in [3.05, 3.63) is 24.3 Å². The summed E-state index contributed by atoms with van der Waals surface area (Å²) in [5.74, 6) is -0.285. The Bertz CT molecular complexity index is 399. The van der Waals surface area contributed by atoms with Crippen LogP contribution in [0.15, 0.2) is 24.3 Å². The molecule has 1 rings (SSSR count). The first-order valence-corrected chi connectivity index (χ1v) is 5.49. The lowest BCUT2D eigenvalue weighted by atomic mass is 10.2. The first-order valence-electron chi connectivity index (χ1n) is 5.49. The molecule has 1 aromatic rings. The zero-order chi connectivity index (χ0) is 12.8. The third-order valence-corrected chi connectivity index (χ3v) is 2.17. The molecule has 92 valence electrons. The Morgan fingerprint density at radius 3 is 2.06 bits per heavy atom. The van der Waals surface area contributed by atoms with E-state index in [9.17, 15) is 9.59 Å². The summed E-state index contributed by atoms with van der Waals surface area (Å²) in [5.41, 5.74) is 6.79. The topological polar surface area (TPSA) is 84.2 Å². The van der Waals surface area contributed by atoms with Crippen LogP contribution in [0.4, 0.5) is 11.4 Å². The van der Waals surface area contributed by atoms with Gasteiger partial charge >= 0.3 is 0 Å². The fraction of sp³-hybridized carbons (Fsp3) is 0.333. The minimum Gasteiger partial charge on any atom is -0.326 e. The highest BCUT2D eigenvalue weighted by Crippen LogP contribution is 2.13. The van der Waals surface area contributed by atoms with Crippen molar-refractivity contribution >= 4 is 23.2 Å². The van der Waals surface area contributed by atoms with Crippen LogP contribution in [0.5, 0.6) is 0 Å². The van der Waals surface area contributed by atoms with Gasteiger partial charge in [-0.3, -0.25) is 9.59 Å². The molecular formula is C12H17N3O2.